The Kier molecular flexibility index (Phi) is 18.7. The van der Waals surface area contributed by atoms with E-state index in [1.807, 2.05) is 118 Å². The van der Waals surface area contributed by atoms with E-state index in [2.05, 4.69) is 81.6 Å². The van der Waals surface area contributed by atoms with Crippen LogP contribution in [-0.4, -0.2) is 105 Å². The van der Waals surface area contributed by atoms with Crippen LogP contribution in [0.25, 0.3) is 0 Å². The van der Waals surface area contributed by atoms with Crippen LogP contribution in [0.4, 0.5) is 11.4 Å². The Balaban J connectivity index is 0.997. The van der Waals surface area contributed by atoms with E-state index in [-0.39, 0.29) is 97.9 Å². The molecular weight excluding hydrogens is 1060 g/mol. The maximum absolute atomic E-state index is 14.4. The highest BCUT2D eigenvalue weighted by molar-refractivity contribution is 6.74. The quantitative estimate of drug-likeness (QED) is 0.0514. The molecule has 0 aliphatic carbocycles. The number of nitrogens with two attached hydrogens (primary N) is 1. The second-order valence-electron chi connectivity index (χ2n) is 24.8. The first kappa shape index (κ1) is 61.7. The molecule has 4 heterocycles. The maximum atomic E-state index is 14.4. The molecule has 0 saturated heterocycles. The van der Waals surface area contributed by atoms with Crippen molar-refractivity contribution in [2.75, 3.05) is 31.0 Å². The molecule has 8 rings (SSSR count). The Hall–Kier alpha value is -7.39. The number of nitrogens with one attached hydrogen (secondary N) is 1. The fraction of sp³-hybridized carbons (Fsp3) is 0.470. The van der Waals surface area contributed by atoms with E-state index in [1.54, 1.807) is 20.1 Å². The van der Waals surface area contributed by atoms with Crippen molar-refractivity contribution in [1.82, 2.24) is 15.1 Å². The summed E-state index contributed by atoms with van der Waals surface area (Å²) in [5, 5.41) is 2.65. The predicted octanol–water partition coefficient (Wildman–Crippen LogP) is 10.5. The number of aryl methyl sites for hydroxylation is 1. The molecule has 442 valence electrons. The Labute approximate surface area is 491 Å². The number of esters is 1. The van der Waals surface area contributed by atoms with Gasteiger partial charge in [-0.15, -0.1) is 0 Å². The number of Topliss-reactive ketones (excluding diaryl/α,β-unsaturated/α-hetero) is 1. The molecule has 16 nitrogen and oxygen atoms in total. The molecule has 4 aliphatic heterocycles. The van der Waals surface area contributed by atoms with Crippen molar-refractivity contribution in [3.63, 3.8) is 0 Å². The van der Waals surface area contributed by atoms with Crippen molar-refractivity contribution >= 4 is 49.2 Å². The third kappa shape index (κ3) is 13.8. The second kappa shape index (κ2) is 25.2. The fourth-order valence-electron chi connectivity index (χ4n) is 10.7. The number of benzene rings is 4. The number of anilines is 2. The Bertz CT molecular complexity index is 3280. The molecule has 0 spiro atoms. The molecule has 0 radical (unpaired) electrons. The summed E-state index contributed by atoms with van der Waals surface area (Å²) in [5.74, 6) is 6.86. The van der Waals surface area contributed by atoms with Crippen molar-refractivity contribution in [2.24, 2.45) is 11.7 Å². The summed E-state index contributed by atoms with van der Waals surface area (Å²) in [5.41, 5.74) is 15.5. The van der Waals surface area contributed by atoms with Gasteiger partial charge in [0.1, 0.15) is 31.8 Å². The zero-order chi connectivity index (χ0) is 60.4. The summed E-state index contributed by atoms with van der Waals surface area (Å²) in [4.78, 5) is 74.7. The van der Waals surface area contributed by atoms with Gasteiger partial charge < -0.3 is 54.0 Å². The number of rotatable bonds is 19. The zero-order valence-corrected chi connectivity index (χ0v) is 52.2. The first-order valence-electron chi connectivity index (χ1n) is 28.8. The molecule has 17 heteroatoms. The number of likely N-dealkylation sites (N-methyl/N-ethyl adjacent to an activating group) is 2. The number of amides is 3. The minimum Gasteiger partial charge on any atom is -0.493 e. The van der Waals surface area contributed by atoms with Crippen LogP contribution >= 0.6 is 0 Å². The summed E-state index contributed by atoms with van der Waals surface area (Å²) in [6.45, 7) is 25.1. The number of hydrogen-bond acceptors (Lipinski definition) is 13. The molecule has 4 aromatic carbocycles. The Morgan fingerprint density at radius 1 is 0.747 bits per heavy atom. The smallest absolute Gasteiger partial charge is 0.307 e. The van der Waals surface area contributed by atoms with E-state index in [9.17, 15) is 24.0 Å². The van der Waals surface area contributed by atoms with Crippen LogP contribution in [0.1, 0.15) is 142 Å². The molecule has 6 atom stereocenters. The van der Waals surface area contributed by atoms with Crippen molar-refractivity contribution < 1.29 is 47.3 Å². The van der Waals surface area contributed by atoms with Crippen molar-refractivity contribution in [3.05, 3.63) is 135 Å². The number of ketones is 1. The summed E-state index contributed by atoms with van der Waals surface area (Å²) in [7, 11) is 3.27. The zero-order valence-electron chi connectivity index (χ0n) is 51.2. The van der Waals surface area contributed by atoms with Gasteiger partial charge in [0.25, 0.3) is 11.8 Å². The molecule has 83 heavy (non-hydrogen) atoms. The monoisotopic (exact) mass is 1150 g/mol. The lowest BCUT2D eigenvalue weighted by Gasteiger charge is -2.44. The topological polar surface area (TPSA) is 183 Å². The number of methoxy groups -OCH3 is 1. The van der Waals surface area contributed by atoms with E-state index < -0.39 is 26.4 Å². The lowest BCUT2D eigenvalue weighted by molar-refractivity contribution is -0.144. The first-order valence-corrected chi connectivity index (χ1v) is 31.7. The second-order valence-corrected chi connectivity index (χ2v) is 29.6. The van der Waals surface area contributed by atoms with Gasteiger partial charge in [-0.1, -0.05) is 81.9 Å². The van der Waals surface area contributed by atoms with Crippen LogP contribution in [0, 0.1) is 24.7 Å². The summed E-state index contributed by atoms with van der Waals surface area (Å²) in [6.07, 6.45) is 5.49. The van der Waals surface area contributed by atoms with Crippen molar-refractivity contribution in [2.45, 2.75) is 176 Å². The number of nitrogens with zero attached hydrogens (tertiary/aromatic N) is 4. The van der Waals surface area contributed by atoms with Gasteiger partial charge in [0.05, 0.1) is 60.2 Å². The van der Waals surface area contributed by atoms with E-state index in [4.69, 9.17) is 29.1 Å². The van der Waals surface area contributed by atoms with Gasteiger partial charge in [-0.2, -0.15) is 0 Å². The number of carbonyl (C=O) groups excluding carboxylic acids is 5. The minimum atomic E-state index is -2.31. The van der Waals surface area contributed by atoms with Crippen molar-refractivity contribution in [1.29, 1.82) is 0 Å². The normalized spacial score (nSPS) is 19.2. The average Bonchev–Trinajstić information content (AvgIpc) is 4.07. The SMILES string of the molecule is COc1cc2c(cc1OCc1cc(C#CCCC(=O)OCc3ccc(CC(=O)[C@H](C)NC(=O)[C@@H](N)C(C)C)cc3)cc(COc3cc4c(cc3C)C(=O)N3C=C(C)C[C@H]3[C@H](O[Si](C)(C)C(C)(C)C)N4C)c1)N(C)[C@@H](C)[C@@H]1CC(C)=CN1C2=O. The van der Waals surface area contributed by atoms with E-state index >= 15 is 0 Å². The van der Waals surface area contributed by atoms with Crippen LogP contribution in [0.15, 0.2) is 90.3 Å². The van der Waals surface area contributed by atoms with Crippen LogP contribution in [-0.2, 0) is 49.8 Å². The number of ether oxygens (including phenoxy) is 4. The molecule has 4 aliphatic rings. The fourth-order valence-corrected chi connectivity index (χ4v) is 12.0. The highest BCUT2D eigenvalue weighted by Crippen LogP contribution is 2.45. The molecule has 0 saturated carbocycles. The lowest BCUT2D eigenvalue weighted by atomic mass is 10.0. The van der Waals surface area contributed by atoms with Crippen LogP contribution in [0.5, 0.6) is 17.2 Å². The third-order valence-corrected chi connectivity index (χ3v) is 21.5. The van der Waals surface area contributed by atoms with E-state index in [1.165, 1.54) is 0 Å². The van der Waals surface area contributed by atoms with E-state index in [0.717, 1.165) is 63.2 Å². The van der Waals surface area contributed by atoms with Gasteiger partial charge in [0.15, 0.2) is 25.6 Å². The first-order chi connectivity index (χ1) is 39.1. The third-order valence-electron chi connectivity index (χ3n) is 17.1. The maximum Gasteiger partial charge on any atom is 0.307 e. The Morgan fingerprint density at radius 2 is 1.31 bits per heavy atom. The molecule has 4 aromatic rings. The van der Waals surface area contributed by atoms with Gasteiger partial charge in [0, 0.05) is 63.1 Å². The predicted molar refractivity (Wildman–Crippen MR) is 326 cm³/mol. The standard InChI is InChI=1S/C66H84N6O10Si/c1-39(2)61(67)62(75)68-43(6)56(73)30-45-20-22-46(23-21-45)36-81-60(74)19-17-16-18-47-27-48(29-49(28-47)38-80-59-33-53-51(31-58(59)78-13)64(77)71-34-40(3)24-52(71)44(7)69(53)11)37-79-57-32-54-50(26-42(57)5)63(76)72-35-41(4)25-55(72)65(70(54)12)82-83(14,15)66(8,9)10/h20-23,26-29,31-35,39,43-44,52,55,61,65H,17,19,24-25,30,36-38,67H2,1-15H3,(H,68,75)/t43-,44-,52-,55-,61-,65-/m0/s1. The van der Waals surface area contributed by atoms with Gasteiger partial charge in [-0.25, -0.2) is 0 Å². The largest absolute Gasteiger partial charge is 0.493 e. The van der Waals surface area contributed by atoms with Gasteiger partial charge >= 0.3 is 5.97 Å². The molecule has 3 N–H and O–H groups in total. The molecule has 0 bridgehead atoms. The van der Waals surface area contributed by atoms with Crippen LogP contribution < -0.4 is 35.1 Å². The van der Waals surface area contributed by atoms with Crippen LogP contribution in [0.3, 0.4) is 0 Å². The van der Waals surface area contributed by atoms with Gasteiger partial charge in [0.2, 0.25) is 5.91 Å². The minimum absolute atomic E-state index is 0.00383. The number of hydrogen-bond donors (Lipinski definition) is 2. The highest BCUT2D eigenvalue weighted by atomic mass is 28.4. The van der Waals surface area contributed by atoms with Crippen molar-refractivity contribution in [3.8, 4) is 29.1 Å². The molecule has 0 fully saturated rings. The van der Waals surface area contributed by atoms with E-state index in [0.29, 0.717) is 33.9 Å². The highest BCUT2D eigenvalue weighted by Gasteiger charge is 2.48. The number of carbonyl (C=O) groups is 5. The average molecular weight is 1150 g/mol. The molecule has 0 aromatic heterocycles. The molecule has 0 unspecified atom stereocenters. The Morgan fingerprint density at radius 3 is 1.93 bits per heavy atom. The molecular formula is C66H84N6O10Si. The number of fused-ring (bicyclic) bond motifs is 4. The summed E-state index contributed by atoms with van der Waals surface area (Å²) < 4.78 is 31.9. The van der Waals surface area contributed by atoms with Crippen LogP contribution in [0.2, 0.25) is 18.1 Å². The van der Waals surface area contributed by atoms with Gasteiger partial charge in [-0.05, 0) is 130 Å². The summed E-state index contributed by atoms with van der Waals surface area (Å²) in [6, 6.07) is 19.1. The van der Waals surface area contributed by atoms with Gasteiger partial charge in [-0.3, -0.25) is 24.0 Å². The lowest BCUT2D eigenvalue weighted by Crippen LogP contribution is -2.55. The summed E-state index contributed by atoms with van der Waals surface area (Å²) >= 11 is 0. The molecule has 3 amide bonds.